The molecule has 180 valence electrons. The lowest BCUT2D eigenvalue weighted by Crippen LogP contribution is -1.91. The summed E-state index contributed by atoms with van der Waals surface area (Å²) in [6.45, 7) is 0. The van der Waals surface area contributed by atoms with E-state index in [-0.39, 0.29) is 0 Å². The molecule has 0 amide bonds. The van der Waals surface area contributed by atoms with Crippen LogP contribution >= 0.6 is 0 Å². The van der Waals surface area contributed by atoms with Gasteiger partial charge in [0.1, 0.15) is 0 Å². The van der Waals surface area contributed by atoms with Crippen LogP contribution in [-0.2, 0) is 14.1 Å². The van der Waals surface area contributed by atoms with Crippen molar-refractivity contribution in [2.75, 3.05) is 0 Å². The van der Waals surface area contributed by atoms with Gasteiger partial charge in [-0.1, -0.05) is 97.1 Å². The molecule has 6 aromatic carbocycles. The smallest absolute Gasteiger partial charge is 0.0489 e. The number of aromatic nitrogens is 2. The summed E-state index contributed by atoms with van der Waals surface area (Å²) < 4.78 is 4.62. The summed E-state index contributed by atoms with van der Waals surface area (Å²) in [5.41, 5.74) is 7.49. The van der Waals surface area contributed by atoms with E-state index in [1.807, 2.05) is 0 Å². The molecule has 0 saturated carbocycles. The summed E-state index contributed by atoms with van der Waals surface area (Å²) in [5, 5.41) is 10.4. The third-order valence-electron chi connectivity index (χ3n) is 8.38. The lowest BCUT2D eigenvalue weighted by Gasteiger charge is -2.10. The summed E-state index contributed by atoms with van der Waals surface area (Å²) >= 11 is 0. The number of aryl methyl sites for hydroxylation is 2. The molecular formula is C36H26N2. The summed E-state index contributed by atoms with van der Waals surface area (Å²) in [4.78, 5) is 0. The Bertz CT molecular complexity index is 2020. The van der Waals surface area contributed by atoms with Crippen LogP contribution in [0.5, 0.6) is 0 Å². The first-order chi connectivity index (χ1) is 18.7. The van der Waals surface area contributed by atoms with E-state index in [0.717, 1.165) is 0 Å². The van der Waals surface area contributed by atoms with Crippen molar-refractivity contribution in [2.45, 2.75) is 0 Å². The molecule has 0 N–H and O–H groups in total. The van der Waals surface area contributed by atoms with E-state index in [1.54, 1.807) is 0 Å². The highest BCUT2D eigenvalue weighted by atomic mass is 14.9. The van der Waals surface area contributed by atoms with Crippen molar-refractivity contribution in [3.63, 3.8) is 0 Å². The zero-order valence-corrected chi connectivity index (χ0v) is 21.4. The van der Waals surface area contributed by atoms with Crippen molar-refractivity contribution >= 4 is 54.1 Å². The monoisotopic (exact) mass is 486 g/mol. The minimum absolute atomic E-state index is 1.24. The second kappa shape index (κ2) is 7.84. The molecule has 0 unspecified atom stereocenters. The molecule has 2 heteroatoms. The Labute approximate surface area is 221 Å². The van der Waals surface area contributed by atoms with Gasteiger partial charge < -0.3 is 9.13 Å². The number of benzene rings is 6. The van der Waals surface area contributed by atoms with Crippen LogP contribution in [0.2, 0.25) is 0 Å². The van der Waals surface area contributed by atoms with Gasteiger partial charge in [0, 0.05) is 47.3 Å². The second-order valence-corrected chi connectivity index (χ2v) is 10.3. The fourth-order valence-corrected chi connectivity index (χ4v) is 6.45. The van der Waals surface area contributed by atoms with Crippen LogP contribution in [0.15, 0.2) is 121 Å². The topological polar surface area (TPSA) is 9.86 Å². The first-order valence-electron chi connectivity index (χ1n) is 13.2. The van der Waals surface area contributed by atoms with Crippen molar-refractivity contribution in [3.8, 4) is 22.5 Å². The van der Waals surface area contributed by atoms with Crippen molar-refractivity contribution in [3.05, 3.63) is 121 Å². The minimum Gasteiger partial charge on any atom is -0.344 e. The highest BCUT2D eigenvalue weighted by Crippen LogP contribution is 2.40. The molecule has 0 bridgehead atoms. The Balaban J connectivity index is 1.38. The zero-order valence-electron chi connectivity index (χ0n) is 21.4. The Hall–Kier alpha value is -4.82. The molecule has 2 heterocycles. The highest BCUT2D eigenvalue weighted by Gasteiger charge is 2.15. The van der Waals surface area contributed by atoms with Gasteiger partial charge in [0.2, 0.25) is 0 Å². The van der Waals surface area contributed by atoms with Gasteiger partial charge >= 0.3 is 0 Å². The molecule has 0 aliphatic rings. The maximum atomic E-state index is 2.35. The van der Waals surface area contributed by atoms with Crippen molar-refractivity contribution < 1.29 is 0 Å². The minimum atomic E-state index is 1.24. The predicted molar refractivity (Wildman–Crippen MR) is 163 cm³/mol. The molecule has 2 aromatic heterocycles. The fourth-order valence-electron chi connectivity index (χ4n) is 6.45. The van der Waals surface area contributed by atoms with E-state index in [0.29, 0.717) is 0 Å². The van der Waals surface area contributed by atoms with Gasteiger partial charge in [-0.15, -0.1) is 0 Å². The van der Waals surface area contributed by atoms with Gasteiger partial charge in [-0.2, -0.15) is 0 Å². The van der Waals surface area contributed by atoms with Gasteiger partial charge in [0.15, 0.2) is 0 Å². The zero-order chi connectivity index (χ0) is 25.4. The number of hydrogen-bond donors (Lipinski definition) is 0. The summed E-state index contributed by atoms with van der Waals surface area (Å²) in [5.74, 6) is 0. The van der Waals surface area contributed by atoms with E-state index in [9.17, 15) is 0 Å². The standard InChI is InChI=1S/C36H26N2/c1-37-33-19-17-27-25-14-16-30-28(18-20-34-32(30)22-36(38(34)2)24-11-7-4-8-12-24)26(25)13-15-29(27)31(33)21-35(37)23-9-5-3-6-10-23/h3-22H,1-2H3. The van der Waals surface area contributed by atoms with Crippen LogP contribution in [0.25, 0.3) is 76.6 Å². The van der Waals surface area contributed by atoms with Crippen LogP contribution < -0.4 is 0 Å². The molecule has 8 rings (SSSR count). The Morgan fingerprint density at radius 2 is 0.658 bits per heavy atom. The Kier molecular flexibility index (Phi) is 4.39. The van der Waals surface area contributed by atoms with E-state index < -0.39 is 0 Å². The number of nitrogens with zero attached hydrogens (tertiary/aromatic N) is 2. The van der Waals surface area contributed by atoms with Crippen LogP contribution in [0.4, 0.5) is 0 Å². The van der Waals surface area contributed by atoms with E-state index in [1.165, 1.54) is 76.6 Å². The normalized spacial score (nSPS) is 11.9. The predicted octanol–water partition coefficient (Wildman–Crippen LogP) is 9.46. The van der Waals surface area contributed by atoms with Gasteiger partial charge in [-0.25, -0.2) is 0 Å². The van der Waals surface area contributed by atoms with E-state index in [2.05, 4.69) is 145 Å². The fraction of sp³-hybridized carbons (Fsp3) is 0.0556. The van der Waals surface area contributed by atoms with E-state index in [4.69, 9.17) is 0 Å². The third kappa shape index (κ3) is 2.89. The molecule has 0 aliphatic heterocycles. The summed E-state index contributed by atoms with van der Waals surface area (Å²) in [6.07, 6.45) is 0. The molecule has 0 spiro atoms. The summed E-state index contributed by atoms with van der Waals surface area (Å²) in [6, 6.07) is 44.4. The molecule has 0 saturated heterocycles. The molecule has 8 aromatic rings. The Morgan fingerprint density at radius 1 is 0.342 bits per heavy atom. The molecule has 0 aliphatic carbocycles. The quantitative estimate of drug-likeness (QED) is 0.215. The largest absolute Gasteiger partial charge is 0.344 e. The maximum absolute atomic E-state index is 2.35. The average molecular weight is 487 g/mol. The lowest BCUT2D eigenvalue weighted by atomic mass is 9.94. The van der Waals surface area contributed by atoms with Crippen molar-refractivity contribution in [1.29, 1.82) is 0 Å². The van der Waals surface area contributed by atoms with Crippen molar-refractivity contribution in [2.24, 2.45) is 14.1 Å². The molecular weight excluding hydrogens is 460 g/mol. The van der Waals surface area contributed by atoms with Gasteiger partial charge in [-0.3, -0.25) is 0 Å². The maximum Gasteiger partial charge on any atom is 0.0489 e. The second-order valence-electron chi connectivity index (χ2n) is 10.3. The number of rotatable bonds is 2. The first-order valence-corrected chi connectivity index (χ1v) is 13.2. The number of hydrogen-bond acceptors (Lipinski definition) is 0. The highest BCUT2D eigenvalue weighted by molar-refractivity contribution is 6.25. The SMILES string of the molecule is Cn1c(-c2ccccc2)cc2c3ccc4c(ccc5c4ccc4c5cc(-c5ccccc5)n4C)c3ccc21. The number of fused-ring (bicyclic) bond motifs is 9. The van der Waals surface area contributed by atoms with E-state index >= 15 is 0 Å². The first kappa shape index (κ1) is 21.3. The van der Waals surface area contributed by atoms with Gasteiger partial charge in [-0.05, 0) is 67.7 Å². The Morgan fingerprint density at radius 3 is 1.03 bits per heavy atom. The molecule has 0 atom stereocenters. The van der Waals surface area contributed by atoms with Gasteiger partial charge in [0.05, 0.1) is 0 Å². The van der Waals surface area contributed by atoms with Crippen LogP contribution in [0, 0.1) is 0 Å². The molecule has 2 nitrogen and oxygen atoms in total. The lowest BCUT2D eigenvalue weighted by molar-refractivity contribution is 0.979. The van der Waals surface area contributed by atoms with Crippen LogP contribution in [-0.4, -0.2) is 9.13 Å². The van der Waals surface area contributed by atoms with Crippen molar-refractivity contribution in [1.82, 2.24) is 9.13 Å². The van der Waals surface area contributed by atoms with Crippen LogP contribution in [0.3, 0.4) is 0 Å². The molecule has 0 radical (unpaired) electrons. The average Bonchev–Trinajstić information content (AvgIpc) is 3.50. The summed E-state index contributed by atoms with van der Waals surface area (Å²) in [7, 11) is 4.33. The molecule has 38 heavy (non-hydrogen) atoms. The van der Waals surface area contributed by atoms with Crippen LogP contribution in [0.1, 0.15) is 0 Å². The van der Waals surface area contributed by atoms with Gasteiger partial charge in [0.25, 0.3) is 0 Å². The molecule has 0 fully saturated rings. The third-order valence-corrected chi connectivity index (χ3v) is 8.38.